The van der Waals surface area contributed by atoms with Crippen molar-refractivity contribution in [3.05, 3.63) is 0 Å². The topological polar surface area (TPSA) is 49.3 Å². The smallest absolute Gasteiger partial charge is 0.303 e. The van der Waals surface area contributed by atoms with Crippen molar-refractivity contribution in [3.63, 3.8) is 0 Å². The first-order valence-electron chi connectivity index (χ1n) is 4.53. The maximum absolute atomic E-state index is 10.5. The van der Waals surface area contributed by atoms with Crippen LogP contribution in [0.4, 0.5) is 0 Å². The molecule has 12 heavy (non-hydrogen) atoms. The predicted molar refractivity (Wildman–Crippen MR) is 46.9 cm³/mol. The van der Waals surface area contributed by atoms with Gasteiger partial charge in [-0.3, -0.25) is 4.79 Å². The van der Waals surface area contributed by atoms with Crippen LogP contribution in [0, 0.1) is 17.8 Å². The molecule has 0 bridgehead atoms. The Balaban J connectivity index is 2.46. The molecule has 0 radical (unpaired) electrons. The summed E-state index contributed by atoms with van der Waals surface area (Å²) in [6.45, 7) is 6.17. The molecule has 0 amide bonds. The van der Waals surface area contributed by atoms with Crippen LogP contribution in [-0.4, -0.2) is 24.2 Å². The maximum atomic E-state index is 10.5. The molecule has 0 aliphatic carbocycles. The van der Waals surface area contributed by atoms with E-state index in [1.807, 2.05) is 0 Å². The Morgan fingerprint density at radius 3 is 2.75 bits per heavy atom. The van der Waals surface area contributed by atoms with E-state index in [1.165, 1.54) is 0 Å². The zero-order valence-electron chi connectivity index (χ0n) is 7.71. The molecule has 0 aromatic heterocycles. The molecule has 2 N–H and O–H groups in total. The van der Waals surface area contributed by atoms with Crippen molar-refractivity contribution < 1.29 is 9.90 Å². The van der Waals surface area contributed by atoms with Crippen LogP contribution < -0.4 is 5.32 Å². The maximum Gasteiger partial charge on any atom is 0.303 e. The molecule has 0 aromatic rings. The zero-order valence-corrected chi connectivity index (χ0v) is 7.71. The van der Waals surface area contributed by atoms with Crippen LogP contribution in [0.5, 0.6) is 0 Å². The van der Waals surface area contributed by atoms with Crippen molar-refractivity contribution in [1.29, 1.82) is 0 Å². The third-order valence-electron chi connectivity index (χ3n) is 2.69. The average Bonchev–Trinajstić information content (AvgIpc) is 2.33. The van der Waals surface area contributed by atoms with Gasteiger partial charge >= 0.3 is 5.97 Å². The van der Waals surface area contributed by atoms with Gasteiger partial charge in [0.05, 0.1) is 0 Å². The fourth-order valence-corrected chi connectivity index (χ4v) is 1.98. The monoisotopic (exact) mass is 171 g/mol. The molecule has 3 nitrogen and oxygen atoms in total. The molecule has 2 atom stereocenters. The number of hydrogen-bond donors (Lipinski definition) is 2. The largest absolute Gasteiger partial charge is 0.481 e. The van der Waals surface area contributed by atoms with Crippen molar-refractivity contribution in [1.82, 2.24) is 5.32 Å². The highest BCUT2D eigenvalue weighted by Crippen LogP contribution is 2.26. The predicted octanol–water partition coefficient (Wildman–Crippen LogP) is 0.953. The Hall–Kier alpha value is -0.570. The summed E-state index contributed by atoms with van der Waals surface area (Å²) < 4.78 is 0. The lowest BCUT2D eigenvalue weighted by Gasteiger charge is -2.20. The summed E-state index contributed by atoms with van der Waals surface area (Å²) in [7, 11) is 0. The van der Waals surface area contributed by atoms with E-state index < -0.39 is 5.97 Å². The second-order valence-electron chi connectivity index (χ2n) is 3.92. The summed E-state index contributed by atoms with van der Waals surface area (Å²) >= 11 is 0. The second kappa shape index (κ2) is 3.90. The fourth-order valence-electron chi connectivity index (χ4n) is 1.98. The minimum atomic E-state index is -0.672. The quantitative estimate of drug-likeness (QED) is 0.664. The van der Waals surface area contributed by atoms with Crippen LogP contribution in [0.2, 0.25) is 0 Å². The van der Waals surface area contributed by atoms with Gasteiger partial charge in [-0.2, -0.15) is 0 Å². The van der Waals surface area contributed by atoms with E-state index in [2.05, 4.69) is 19.2 Å². The number of aliphatic carboxylic acids is 1. The molecule has 0 spiro atoms. The number of carboxylic acids is 1. The third kappa shape index (κ3) is 2.21. The van der Waals surface area contributed by atoms with E-state index in [-0.39, 0.29) is 0 Å². The summed E-state index contributed by atoms with van der Waals surface area (Å²) in [6, 6.07) is 0. The molecule has 1 rings (SSSR count). The van der Waals surface area contributed by atoms with Crippen molar-refractivity contribution in [2.24, 2.45) is 17.8 Å². The molecule has 70 valence electrons. The molecule has 2 unspecified atom stereocenters. The standard InChI is InChI=1S/C9H17NO2/c1-6(2)8-5-10-4-7(8)3-9(11)12/h6-8,10H,3-5H2,1-2H3,(H,11,12). The number of carboxylic acid groups (broad SMARTS) is 1. The van der Waals surface area contributed by atoms with Crippen LogP contribution in [0.1, 0.15) is 20.3 Å². The van der Waals surface area contributed by atoms with E-state index in [0.717, 1.165) is 13.1 Å². The van der Waals surface area contributed by atoms with E-state index in [9.17, 15) is 4.79 Å². The highest BCUT2D eigenvalue weighted by Gasteiger charge is 2.30. The summed E-state index contributed by atoms with van der Waals surface area (Å²) in [6.07, 6.45) is 0.315. The first kappa shape index (κ1) is 9.52. The Kier molecular flexibility index (Phi) is 3.09. The van der Waals surface area contributed by atoms with Gasteiger partial charge in [0.15, 0.2) is 0 Å². The number of hydrogen-bond acceptors (Lipinski definition) is 2. The molecule has 1 heterocycles. The van der Waals surface area contributed by atoms with Gasteiger partial charge in [-0.1, -0.05) is 13.8 Å². The van der Waals surface area contributed by atoms with E-state index >= 15 is 0 Å². The molecule has 1 fully saturated rings. The van der Waals surface area contributed by atoms with Crippen LogP contribution in [0.25, 0.3) is 0 Å². The molecule has 0 saturated carbocycles. The third-order valence-corrected chi connectivity index (χ3v) is 2.69. The van der Waals surface area contributed by atoms with Crippen molar-refractivity contribution >= 4 is 5.97 Å². The Morgan fingerprint density at radius 2 is 2.25 bits per heavy atom. The summed E-state index contributed by atoms with van der Waals surface area (Å²) in [5.41, 5.74) is 0. The highest BCUT2D eigenvalue weighted by atomic mass is 16.4. The second-order valence-corrected chi connectivity index (χ2v) is 3.92. The summed E-state index contributed by atoms with van der Waals surface area (Å²) in [4.78, 5) is 10.5. The number of carbonyl (C=O) groups is 1. The molecule has 1 aliphatic rings. The number of rotatable bonds is 3. The fraction of sp³-hybridized carbons (Fsp3) is 0.889. The van der Waals surface area contributed by atoms with Crippen molar-refractivity contribution in [3.8, 4) is 0 Å². The zero-order chi connectivity index (χ0) is 9.14. The lowest BCUT2D eigenvalue weighted by Crippen LogP contribution is -2.20. The van der Waals surface area contributed by atoms with Crippen LogP contribution in [-0.2, 0) is 4.79 Å². The minimum Gasteiger partial charge on any atom is -0.481 e. The normalized spacial score (nSPS) is 29.6. The van der Waals surface area contributed by atoms with Gasteiger partial charge in [-0.25, -0.2) is 0 Å². The van der Waals surface area contributed by atoms with Gasteiger partial charge in [0.1, 0.15) is 0 Å². The average molecular weight is 171 g/mol. The van der Waals surface area contributed by atoms with Crippen molar-refractivity contribution in [2.45, 2.75) is 20.3 Å². The van der Waals surface area contributed by atoms with Gasteiger partial charge in [-0.05, 0) is 30.8 Å². The van der Waals surface area contributed by atoms with Crippen LogP contribution in [0.3, 0.4) is 0 Å². The first-order chi connectivity index (χ1) is 5.61. The summed E-state index contributed by atoms with van der Waals surface area (Å²) in [5, 5.41) is 11.9. The lowest BCUT2D eigenvalue weighted by atomic mass is 9.84. The Bertz CT molecular complexity index is 168. The van der Waals surface area contributed by atoms with Gasteiger partial charge in [0, 0.05) is 6.42 Å². The highest BCUT2D eigenvalue weighted by molar-refractivity contribution is 5.67. The molecular weight excluding hydrogens is 154 g/mol. The molecule has 1 saturated heterocycles. The summed E-state index contributed by atoms with van der Waals surface area (Å²) in [5.74, 6) is 0.794. The van der Waals surface area contributed by atoms with E-state index in [4.69, 9.17) is 5.11 Å². The van der Waals surface area contributed by atoms with Crippen molar-refractivity contribution in [2.75, 3.05) is 13.1 Å². The van der Waals surface area contributed by atoms with Gasteiger partial charge < -0.3 is 10.4 Å². The Labute approximate surface area is 73.2 Å². The molecule has 3 heteroatoms. The minimum absolute atomic E-state index is 0.315. The lowest BCUT2D eigenvalue weighted by molar-refractivity contribution is -0.138. The molecule has 1 aliphatic heterocycles. The van der Waals surface area contributed by atoms with Crippen LogP contribution in [0.15, 0.2) is 0 Å². The molecule has 0 aromatic carbocycles. The van der Waals surface area contributed by atoms with Gasteiger partial charge in [-0.15, -0.1) is 0 Å². The van der Waals surface area contributed by atoms with Gasteiger partial charge in [0.2, 0.25) is 0 Å². The SMILES string of the molecule is CC(C)C1CNCC1CC(=O)O. The van der Waals surface area contributed by atoms with E-state index in [1.54, 1.807) is 0 Å². The first-order valence-corrected chi connectivity index (χ1v) is 4.53. The Morgan fingerprint density at radius 1 is 1.58 bits per heavy atom. The van der Waals surface area contributed by atoms with E-state index in [0.29, 0.717) is 24.2 Å². The van der Waals surface area contributed by atoms with Gasteiger partial charge in [0.25, 0.3) is 0 Å². The molecular formula is C9H17NO2. The number of nitrogens with one attached hydrogen (secondary N) is 1. The van der Waals surface area contributed by atoms with Crippen LogP contribution >= 0.6 is 0 Å².